The normalized spacial score (nSPS) is 7.54. The Labute approximate surface area is 86.8 Å². The number of hydrogen-bond donors (Lipinski definition) is 0. The minimum atomic E-state index is 0.542. The maximum Gasteiger partial charge on any atom is -0.0385 e. The maximum atomic E-state index is 3.00. The van der Waals surface area contributed by atoms with Crippen LogP contribution in [0, 0.1) is 5.41 Å². The molecule has 0 nitrogen and oxygen atoms in total. The minimum absolute atomic E-state index is 0.542. The molecule has 0 aromatic heterocycles. The summed E-state index contributed by atoms with van der Waals surface area (Å²) in [6.07, 6.45) is 2.52. The predicted octanol–water partition coefficient (Wildman–Crippen LogP) is 5.46. The van der Waals surface area contributed by atoms with Crippen molar-refractivity contribution < 1.29 is 0 Å². The van der Waals surface area contributed by atoms with E-state index in [1.54, 1.807) is 0 Å². The van der Waals surface area contributed by atoms with Crippen LogP contribution in [0.5, 0.6) is 0 Å². The van der Waals surface area contributed by atoms with Gasteiger partial charge in [-0.15, -0.1) is 26.3 Å². The molecule has 0 N–H and O–H groups in total. The van der Waals surface area contributed by atoms with Gasteiger partial charge < -0.3 is 0 Å². The summed E-state index contributed by atoms with van der Waals surface area (Å²) in [7, 11) is 0. The van der Waals surface area contributed by atoms with Gasteiger partial charge in [0.15, 0.2) is 0 Å². The summed E-state index contributed by atoms with van der Waals surface area (Å²) in [5.74, 6) is 0. The molecule has 0 amide bonds. The highest BCUT2D eigenvalue weighted by atomic mass is 14.1. The van der Waals surface area contributed by atoms with Crippen molar-refractivity contribution in [3.63, 3.8) is 0 Å². The minimum Gasteiger partial charge on any atom is -0.106 e. The van der Waals surface area contributed by atoms with E-state index in [1.807, 2.05) is 0 Å². The molecule has 13 heavy (non-hydrogen) atoms. The van der Waals surface area contributed by atoms with E-state index < -0.39 is 0 Å². The summed E-state index contributed by atoms with van der Waals surface area (Å²) in [5, 5.41) is 0. The number of rotatable bonds is 0. The Bertz CT molecular complexity index is 54.9. The summed E-state index contributed by atoms with van der Waals surface area (Å²) in [6, 6.07) is 0. The lowest BCUT2D eigenvalue weighted by Crippen LogP contribution is -2.00. The van der Waals surface area contributed by atoms with E-state index in [9.17, 15) is 0 Å². The second kappa shape index (κ2) is 22.5. The van der Waals surface area contributed by atoms with Crippen LogP contribution in [0.4, 0.5) is 0 Å². The molecule has 0 rings (SSSR count). The van der Waals surface area contributed by atoms with Gasteiger partial charge in [0.2, 0.25) is 0 Å². The second-order valence-corrected chi connectivity index (χ2v) is 3.62. The van der Waals surface area contributed by atoms with E-state index in [-0.39, 0.29) is 0 Å². The van der Waals surface area contributed by atoms with Gasteiger partial charge in [0.05, 0.1) is 0 Å². The molecule has 0 heterocycles. The first-order valence-corrected chi connectivity index (χ1v) is 4.97. The summed E-state index contributed by atoms with van der Waals surface area (Å²) in [5.41, 5.74) is 0.542. The van der Waals surface area contributed by atoms with Gasteiger partial charge in [0, 0.05) is 0 Å². The van der Waals surface area contributed by atoms with Crippen molar-refractivity contribution >= 4 is 0 Å². The molecule has 0 heteroatoms. The molecule has 0 aromatic rings. The molecule has 0 radical (unpaired) electrons. The molecule has 0 atom stereocenters. The van der Waals surface area contributed by atoms with Crippen LogP contribution >= 0.6 is 0 Å². The van der Waals surface area contributed by atoms with E-state index >= 15 is 0 Å². The largest absolute Gasteiger partial charge is 0.106 e. The lowest BCUT2D eigenvalue weighted by molar-refractivity contribution is 0.398. The Morgan fingerprint density at radius 1 is 0.769 bits per heavy atom. The molecule has 0 unspecified atom stereocenters. The summed E-state index contributed by atoms with van der Waals surface area (Å²) >= 11 is 0. The first kappa shape index (κ1) is 22.9. The van der Waals surface area contributed by atoms with Crippen LogP contribution in [0.3, 0.4) is 0 Å². The van der Waals surface area contributed by atoms with Gasteiger partial charge in [0.25, 0.3) is 0 Å². The molecular formula is C13H30. The molecule has 82 valence electrons. The Morgan fingerprint density at radius 3 is 0.846 bits per heavy atom. The van der Waals surface area contributed by atoms with E-state index in [4.69, 9.17) is 0 Å². The van der Waals surface area contributed by atoms with E-state index in [0.29, 0.717) is 5.41 Å². The average molecular weight is 186 g/mol. The topological polar surface area (TPSA) is 0 Å². The van der Waals surface area contributed by atoms with Crippen LogP contribution in [0.15, 0.2) is 26.3 Å². The predicted molar refractivity (Wildman–Crippen MR) is 68.2 cm³/mol. The smallest absolute Gasteiger partial charge is 0.0385 e. The highest BCUT2D eigenvalue weighted by Gasteiger charge is 2.03. The highest BCUT2D eigenvalue weighted by Crippen LogP contribution is 2.16. The fourth-order valence-corrected chi connectivity index (χ4v) is 0. The van der Waals surface area contributed by atoms with E-state index in [1.165, 1.54) is 12.8 Å². The average Bonchev–Trinajstić information content (AvgIpc) is 2.12. The van der Waals surface area contributed by atoms with Crippen molar-refractivity contribution in [3.05, 3.63) is 26.3 Å². The molecular weight excluding hydrogens is 156 g/mol. The third kappa shape index (κ3) is 168. The lowest BCUT2D eigenvalue weighted by Gasteiger charge is -2.12. The van der Waals surface area contributed by atoms with Gasteiger partial charge in [-0.25, -0.2) is 0 Å². The highest BCUT2D eigenvalue weighted by molar-refractivity contribution is 4.55. The SMILES string of the molecule is C=C.C=C.CCC.CCC(C)(C)C. The molecule has 0 fully saturated rings. The Hall–Kier alpha value is -0.520. The van der Waals surface area contributed by atoms with E-state index in [2.05, 4.69) is 67.9 Å². The zero-order valence-corrected chi connectivity index (χ0v) is 10.7. The van der Waals surface area contributed by atoms with E-state index in [0.717, 1.165) is 0 Å². The zero-order chi connectivity index (χ0) is 11.9. The first-order valence-electron chi connectivity index (χ1n) is 4.97. The first-order chi connectivity index (χ1) is 5.97. The van der Waals surface area contributed by atoms with Gasteiger partial charge in [0.1, 0.15) is 0 Å². The molecule has 0 aliphatic rings. The molecule has 0 aromatic carbocycles. The Morgan fingerprint density at radius 2 is 0.846 bits per heavy atom. The third-order valence-electron chi connectivity index (χ3n) is 1.06. The molecule has 0 aliphatic heterocycles. The summed E-state index contributed by atoms with van der Waals surface area (Å²) < 4.78 is 0. The van der Waals surface area contributed by atoms with Gasteiger partial charge in [-0.1, -0.05) is 54.4 Å². The second-order valence-electron chi connectivity index (χ2n) is 3.62. The molecule has 0 saturated carbocycles. The van der Waals surface area contributed by atoms with Crippen LogP contribution in [-0.2, 0) is 0 Å². The van der Waals surface area contributed by atoms with Crippen LogP contribution in [0.2, 0.25) is 0 Å². The molecule has 0 bridgehead atoms. The quantitative estimate of drug-likeness (QED) is 0.440. The zero-order valence-electron chi connectivity index (χ0n) is 10.7. The van der Waals surface area contributed by atoms with Crippen LogP contribution in [0.25, 0.3) is 0 Å². The van der Waals surface area contributed by atoms with Crippen molar-refractivity contribution in [2.24, 2.45) is 5.41 Å². The van der Waals surface area contributed by atoms with Gasteiger partial charge in [-0.3, -0.25) is 0 Å². The van der Waals surface area contributed by atoms with Crippen molar-refractivity contribution in [3.8, 4) is 0 Å². The molecule has 0 saturated heterocycles. The third-order valence-corrected chi connectivity index (χ3v) is 1.06. The fraction of sp³-hybridized carbons (Fsp3) is 0.692. The Balaban J connectivity index is -0.0000000493. The van der Waals surface area contributed by atoms with Crippen molar-refractivity contribution in [2.45, 2.75) is 54.4 Å². The lowest BCUT2D eigenvalue weighted by atomic mass is 9.94. The Kier molecular flexibility index (Phi) is 39.6. The fourth-order valence-electron chi connectivity index (χ4n) is 0. The van der Waals surface area contributed by atoms with Gasteiger partial charge in [-0.2, -0.15) is 0 Å². The van der Waals surface area contributed by atoms with Crippen LogP contribution in [-0.4, -0.2) is 0 Å². The van der Waals surface area contributed by atoms with Crippen LogP contribution < -0.4 is 0 Å². The summed E-state index contributed by atoms with van der Waals surface area (Å²) in [6.45, 7) is 25.2. The number of hydrogen-bond acceptors (Lipinski definition) is 0. The monoisotopic (exact) mass is 186 g/mol. The van der Waals surface area contributed by atoms with Crippen molar-refractivity contribution in [1.29, 1.82) is 0 Å². The van der Waals surface area contributed by atoms with Crippen LogP contribution in [0.1, 0.15) is 54.4 Å². The van der Waals surface area contributed by atoms with Crippen molar-refractivity contribution in [2.75, 3.05) is 0 Å². The standard InChI is InChI=1S/C6H14.C3H8.2C2H4/c1-5-6(2,3)4;1-3-2;2*1-2/h5H2,1-4H3;3H2,1-2H3;2*1-2H2. The van der Waals surface area contributed by atoms with Crippen molar-refractivity contribution in [1.82, 2.24) is 0 Å². The molecule has 0 spiro atoms. The van der Waals surface area contributed by atoms with Gasteiger partial charge in [-0.05, 0) is 5.41 Å². The molecule has 0 aliphatic carbocycles. The summed E-state index contributed by atoms with van der Waals surface area (Å²) in [4.78, 5) is 0. The maximum absolute atomic E-state index is 3.00. The van der Waals surface area contributed by atoms with Gasteiger partial charge >= 0.3 is 0 Å².